The Morgan fingerprint density at radius 1 is 1.30 bits per heavy atom. The molecule has 0 unspecified atom stereocenters. The van der Waals surface area contributed by atoms with Gasteiger partial charge in [-0.3, -0.25) is 9.69 Å². The number of hydrogen-bond acceptors (Lipinski definition) is 3. The van der Waals surface area contributed by atoms with Crippen LogP contribution < -0.4 is 0 Å². The third-order valence-electron chi connectivity index (χ3n) is 2.59. The number of aliphatic carboxylic acids is 1. The van der Waals surface area contributed by atoms with E-state index in [0.717, 1.165) is 22.0 Å². The molecule has 1 aromatic carbocycles. The molecule has 1 aromatic rings. The van der Waals surface area contributed by atoms with E-state index in [1.54, 1.807) is 0 Å². The van der Waals surface area contributed by atoms with Crippen molar-refractivity contribution in [2.24, 2.45) is 0 Å². The topological polar surface area (TPSA) is 66.8 Å². The van der Waals surface area contributed by atoms with E-state index in [4.69, 9.17) is 9.84 Å². The van der Waals surface area contributed by atoms with E-state index in [2.05, 4.69) is 22.6 Å². The van der Waals surface area contributed by atoms with Gasteiger partial charge in [0, 0.05) is 10.1 Å². The van der Waals surface area contributed by atoms with E-state index in [-0.39, 0.29) is 13.1 Å². The Kier molecular flexibility index (Phi) is 7.35. The molecule has 0 aliphatic heterocycles. The Morgan fingerprint density at radius 2 is 1.95 bits per heavy atom. The van der Waals surface area contributed by atoms with E-state index in [1.165, 1.54) is 4.90 Å². The number of carbonyl (C=O) groups excluding carboxylic acids is 1. The van der Waals surface area contributed by atoms with Gasteiger partial charge in [-0.05, 0) is 46.7 Å². The maximum absolute atomic E-state index is 11.9. The molecule has 0 aliphatic rings. The second kappa shape index (κ2) is 8.78. The lowest BCUT2D eigenvalue weighted by atomic mass is 10.2. The largest absolute Gasteiger partial charge is 0.480 e. The second-order valence-electron chi connectivity index (χ2n) is 4.34. The van der Waals surface area contributed by atoms with E-state index >= 15 is 0 Å². The number of carbonyl (C=O) groups is 2. The van der Waals surface area contributed by atoms with Crippen LogP contribution in [0.2, 0.25) is 0 Å². The number of halogens is 1. The minimum Gasteiger partial charge on any atom is -0.480 e. The number of carboxylic acid groups (broad SMARTS) is 1. The number of hydrogen-bond donors (Lipinski definition) is 1. The first-order chi connectivity index (χ1) is 9.52. The molecule has 110 valence electrons. The van der Waals surface area contributed by atoms with Crippen LogP contribution in [0, 0.1) is 3.57 Å². The molecule has 20 heavy (non-hydrogen) atoms. The van der Waals surface area contributed by atoms with Gasteiger partial charge in [0.1, 0.15) is 6.54 Å². The fraction of sp³-hybridized carbons (Fsp3) is 0.429. The van der Waals surface area contributed by atoms with Crippen LogP contribution in [0.25, 0.3) is 0 Å². The first-order valence-corrected chi connectivity index (χ1v) is 7.48. The molecule has 5 nitrogen and oxygen atoms in total. The summed E-state index contributed by atoms with van der Waals surface area (Å²) in [6.45, 7) is 2.18. The second-order valence-corrected chi connectivity index (χ2v) is 5.59. The maximum Gasteiger partial charge on any atom is 0.410 e. The highest BCUT2D eigenvalue weighted by Crippen LogP contribution is 2.10. The number of rotatable bonds is 7. The quantitative estimate of drug-likeness (QED) is 0.573. The molecule has 0 bridgehead atoms. The highest BCUT2D eigenvalue weighted by atomic mass is 127. The molecular weight excluding hydrogens is 373 g/mol. The van der Waals surface area contributed by atoms with Crippen molar-refractivity contribution in [3.8, 4) is 0 Å². The Morgan fingerprint density at radius 3 is 2.50 bits per heavy atom. The summed E-state index contributed by atoms with van der Waals surface area (Å²) in [6.07, 6.45) is 1.11. The van der Waals surface area contributed by atoms with Crippen LogP contribution in [0.15, 0.2) is 24.3 Å². The van der Waals surface area contributed by atoms with E-state index in [9.17, 15) is 9.59 Å². The lowest BCUT2D eigenvalue weighted by Gasteiger charge is -2.20. The summed E-state index contributed by atoms with van der Waals surface area (Å²) in [4.78, 5) is 23.9. The molecule has 0 aliphatic carbocycles. The summed E-state index contributed by atoms with van der Waals surface area (Å²) in [5, 5.41) is 8.88. The molecule has 0 atom stereocenters. The third-order valence-corrected chi connectivity index (χ3v) is 3.31. The molecule has 0 saturated carbocycles. The van der Waals surface area contributed by atoms with Crippen LogP contribution in [0.4, 0.5) is 4.79 Å². The van der Waals surface area contributed by atoms with Gasteiger partial charge in [-0.15, -0.1) is 0 Å². The monoisotopic (exact) mass is 391 g/mol. The molecule has 0 aromatic heterocycles. The Balaban J connectivity index is 2.65. The number of benzene rings is 1. The van der Waals surface area contributed by atoms with Crippen molar-refractivity contribution < 1.29 is 19.4 Å². The molecular formula is C14H18INO4. The van der Waals surface area contributed by atoms with Crippen LogP contribution >= 0.6 is 22.6 Å². The average molecular weight is 391 g/mol. The van der Waals surface area contributed by atoms with Gasteiger partial charge in [0.2, 0.25) is 0 Å². The first kappa shape index (κ1) is 16.7. The smallest absolute Gasteiger partial charge is 0.410 e. The molecule has 1 rings (SSSR count). The summed E-state index contributed by atoms with van der Waals surface area (Å²) >= 11 is 2.19. The number of ether oxygens (including phenoxy) is 1. The third kappa shape index (κ3) is 6.23. The molecule has 6 heteroatoms. The van der Waals surface area contributed by atoms with Crippen LogP contribution in [-0.2, 0) is 16.1 Å². The molecule has 0 saturated heterocycles. The molecule has 1 amide bonds. The van der Waals surface area contributed by atoms with Gasteiger partial charge < -0.3 is 9.84 Å². The number of nitrogens with zero attached hydrogens (tertiary/aromatic N) is 1. The molecule has 0 fully saturated rings. The van der Waals surface area contributed by atoms with Gasteiger partial charge in [0.15, 0.2) is 0 Å². The highest BCUT2D eigenvalue weighted by Gasteiger charge is 2.18. The minimum absolute atomic E-state index is 0.230. The van der Waals surface area contributed by atoms with Gasteiger partial charge >= 0.3 is 12.1 Å². The number of amides is 1. The van der Waals surface area contributed by atoms with Crippen molar-refractivity contribution in [2.75, 3.05) is 13.2 Å². The van der Waals surface area contributed by atoms with Gasteiger partial charge in [-0.2, -0.15) is 0 Å². The van der Waals surface area contributed by atoms with Gasteiger partial charge in [0.25, 0.3) is 0 Å². The SMILES string of the molecule is CCCCOC(=O)N(CC(=O)O)Cc1ccc(I)cc1. The van der Waals surface area contributed by atoms with Crippen molar-refractivity contribution in [1.29, 1.82) is 0 Å². The zero-order valence-electron chi connectivity index (χ0n) is 11.3. The first-order valence-electron chi connectivity index (χ1n) is 6.41. The summed E-state index contributed by atoms with van der Waals surface area (Å²) in [7, 11) is 0. The fourth-order valence-electron chi connectivity index (χ4n) is 1.55. The maximum atomic E-state index is 11.9. The predicted octanol–water partition coefficient (Wildman–Crippen LogP) is 3.11. The fourth-order valence-corrected chi connectivity index (χ4v) is 1.91. The standard InChI is InChI=1S/C14H18INO4/c1-2-3-8-20-14(19)16(10-13(17)18)9-11-4-6-12(15)7-5-11/h4-7H,2-3,8-10H2,1H3,(H,17,18). The van der Waals surface area contributed by atoms with E-state index in [0.29, 0.717) is 6.61 Å². The predicted molar refractivity (Wildman–Crippen MR) is 83.5 cm³/mol. The van der Waals surface area contributed by atoms with Crippen LogP contribution in [0.1, 0.15) is 25.3 Å². The summed E-state index contributed by atoms with van der Waals surface area (Å²) < 4.78 is 6.15. The minimum atomic E-state index is -1.05. The van der Waals surface area contributed by atoms with Crippen molar-refractivity contribution in [3.63, 3.8) is 0 Å². The lowest BCUT2D eigenvalue weighted by Crippen LogP contribution is -2.35. The zero-order chi connectivity index (χ0) is 15.0. The molecule has 0 radical (unpaired) electrons. The Bertz CT molecular complexity index is 447. The normalized spacial score (nSPS) is 10.1. The average Bonchev–Trinajstić information content (AvgIpc) is 2.40. The van der Waals surface area contributed by atoms with Gasteiger partial charge in [-0.1, -0.05) is 25.5 Å². The number of carboxylic acids is 1. The van der Waals surface area contributed by atoms with Crippen LogP contribution in [-0.4, -0.2) is 35.2 Å². The summed E-state index contributed by atoms with van der Waals surface area (Å²) in [5.74, 6) is -1.05. The molecule has 0 spiro atoms. The Labute approximate surface area is 132 Å². The number of unbranched alkanes of at least 4 members (excludes halogenated alkanes) is 1. The highest BCUT2D eigenvalue weighted by molar-refractivity contribution is 14.1. The van der Waals surface area contributed by atoms with E-state index < -0.39 is 12.1 Å². The Hall–Kier alpha value is -1.31. The summed E-state index contributed by atoms with van der Waals surface area (Å²) in [5.41, 5.74) is 0.874. The van der Waals surface area contributed by atoms with Crippen LogP contribution in [0.5, 0.6) is 0 Å². The molecule has 1 N–H and O–H groups in total. The van der Waals surface area contributed by atoms with Crippen molar-refractivity contribution in [1.82, 2.24) is 4.90 Å². The molecule has 0 heterocycles. The van der Waals surface area contributed by atoms with Gasteiger partial charge in [-0.25, -0.2) is 4.79 Å². The lowest BCUT2D eigenvalue weighted by molar-refractivity contribution is -0.138. The van der Waals surface area contributed by atoms with Crippen molar-refractivity contribution in [3.05, 3.63) is 33.4 Å². The van der Waals surface area contributed by atoms with E-state index in [1.807, 2.05) is 31.2 Å². The van der Waals surface area contributed by atoms with Gasteiger partial charge in [0.05, 0.1) is 6.61 Å². The summed E-state index contributed by atoms with van der Waals surface area (Å²) in [6, 6.07) is 7.57. The van der Waals surface area contributed by atoms with Crippen molar-refractivity contribution >= 4 is 34.7 Å². The zero-order valence-corrected chi connectivity index (χ0v) is 13.5. The van der Waals surface area contributed by atoms with Crippen molar-refractivity contribution in [2.45, 2.75) is 26.3 Å². The van der Waals surface area contributed by atoms with Crippen LogP contribution in [0.3, 0.4) is 0 Å².